The zero-order chi connectivity index (χ0) is 18.3. The van der Waals surface area contributed by atoms with Gasteiger partial charge in [-0.15, -0.1) is 0 Å². The summed E-state index contributed by atoms with van der Waals surface area (Å²) >= 11 is 13.1. The maximum Gasteiger partial charge on any atom is 0.350 e. The van der Waals surface area contributed by atoms with Gasteiger partial charge in [0.2, 0.25) is 4.33 Å². The highest BCUT2D eigenvalue weighted by Gasteiger charge is 2.53. The van der Waals surface area contributed by atoms with E-state index < -0.39 is 16.3 Å². The first-order valence-electron chi connectivity index (χ1n) is 8.69. The van der Waals surface area contributed by atoms with Crippen molar-refractivity contribution >= 4 is 40.6 Å². The lowest BCUT2D eigenvalue weighted by molar-refractivity contribution is -0.138. The number of rotatable bonds is 2. The number of carbonyl (C=O) groups is 1. The molecule has 0 amide bonds. The molecule has 0 radical (unpaired) electrons. The minimum absolute atomic E-state index is 0.490. The molecule has 5 heteroatoms. The van der Waals surface area contributed by atoms with Gasteiger partial charge >= 0.3 is 5.97 Å². The van der Waals surface area contributed by atoms with E-state index in [-0.39, 0.29) is 0 Å². The standard InChI is InChI=1S/C21H19Cl2NO2/c1-24(15-10-3-2-4-11-15)19-17-13-7-9-14-8-5-6-12-16(14)18(17)26-20(25)21(19,22)23/h2-6,8,10-12,19H,7,9,13H2,1H3. The predicted octanol–water partition coefficient (Wildman–Crippen LogP) is 4.97. The number of hydrogen-bond acceptors (Lipinski definition) is 3. The number of halogens is 2. The number of carbonyl (C=O) groups excluding carboxylic acids is 1. The van der Waals surface area contributed by atoms with Crippen molar-refractivity contribution in [3.05, 3.63) is 71.3 Å². The maximum atomic E-state index is 12.7. The lowest BCUT2D eigenvalue weighted by atomic mass is 9.92. The van der Waals surface area contributed by atoms with Crippen LogP contribution in [-0.2, 0) is 16.0 Å². The number of aryl methyl sites for hydroxylation is 1. The fourth-order valence-electron chi connectivity index (χ4n) is 3.88. The number of nitrogens with zero attached hydrogens (tertiary/aromatic N) is 1. The van der Waals surface area contributed by atoms with Gasteiger partial charge in [0.15, 0.2) is 0 Å². The van der Waals surface area contributed by atoms with E-state index in [0.29, 0.717) is 5.76 Å². The Kier molecular flexibility index (Phi) is 4.45. The molecule has 0 bridgehead atoms. The fourth-order valence-corrected chi connectivity index (χ4v) is 4.51. The number of para-hydroxylation sites is 1. The van der Waals surface area contributed by atoms with Crippen LogP contribution in [0.4, 0.5) is 5.69 Å². The van der Waals surface area contributed by atoms with E-state index in [0.717, 1.165) is 36.1 Å². The summed E-state index contributed by atoms with van der Waals surface area (Å²) < 4.78 is 4.01. The highest BCUT2D eigenvalue weighted by molar-refractivity contribution is 6.59. The van der Waals surface area contributed by atoms with Crippen LogP contribution in [0.15, 0.2) is 60.2 Å². The Morgan fingerprint density at radius 3 is 2.50 bits per heavy atom. The molecule has 1 aliphatic heterocycles. The quantitative estimate of drug-likeness (QED) is 0.538. The molecule has 1 aliphatic carbocycles. The average molecular weight is 388 g/mol. The van der Waals surface area contributed by atoms with Crippen LogP contribution in [0, 0.1) is 0 Å². The third-order valence-corrected chi connectivity index (χ3v) is 5.86. The lowest BCUT2D eigenvalue weighted by Gasteiger charge is -2.41. The van der Waals surface area contributed by atoms with Crippen molar-refractivity contribution in [2.45, 2.75) is 29.6 Å². The van der Waals surface area contributed by atoms with Crippen LogP contribution in [0.25, 0.3) is 5.76 Å². The monoisotopic (exact) mass is 387 g/mol. The summed E-state index contributed by atoms with van der Waals surface area (Å²) in [5, 5.41) is 0. The highest BCUT2D eigenvalue weighted by Crippen LogP contribution is 2.46. The van der Waals surface area contributed by atoms with Crippen molar-refractivity contribution in [3.63, 3.8) is 0 Å². The molecule has 0 N–H and O–H groups in total. The smallest absolute Gasteiger partial charge is 0.350 e. The van der Waals surface area contributed by atoms with E-state index in [9.17, 15) is 4.79 Å². The summed E-state index contributed by atoms with van der Waals surface area (Å²) in [7, 11) is 1.92. The van der Waals surface area contributed by atoms with Crippen molar-refractivity contribution in [2.24, 2.45) is 0 Å². The van der Waals surface area contributed by atoms with Crippen LogP contribution < -0.4 is 4.90 Å². The van der Waals surface area contributed by atoms with Crippen LogP contribution >= 0.6 is 23.2 Å². The molecule has 26 heavy (non-hydrogen) atoms. The van der Waals surface area contributed by atoms with Crippen LogP contribution in [-0.4, -0.2) is 23.4 Å². The molecule has 1 unspecified atom stereocenters. The number of likely N-dealkylation sites (N-methyl/N-ethyl adjacent to an activating group) is 1. The van der Waals surface area contributed by atoms with Gasteiger partial charge in [-0.25, -0.2) is 4.79 Å². The Bertz CT molecular complexity index is 877. The minimum Gasteiger partial charge on any atom is -0.424 e. The first-order chi connectivity index (χ1) is 12.5. The number of benzene rings is 2. The van der Waals surface area contributed by atoms with Gasteiger partial charge in [-0.1, -0.05) is 65.7 Å². The number of fused-ring (bicyclic) bond motifs is 2. The zero-order valence-corrected chi connectivity index (χ0v) is 15.9. The molecule has 4 rings (SSSR count). The molecule has 2 aromatic rings. The molecule has 0 aromatic heterocycles. The first-order valence-corrected chi connectivity index (χ1v) is 9.45. The van der Waals surface area contributed by atoms with Gasteiger partial charge < -0.3 is 9.64 Å². The van der Waals surface area contributed by atoms with Crippen molar-refractivity contribution in [1.29, 1.82) is 0 Å². The third kappa shape index (κ3) is 2.80. The Morgan fingerprint density at radius 2 is 1.73 bits per heavy atom. The number of esters is 1. The molecule has 1 heterocycles. The summed E-state index contributed by atoms with van der Waals surface area (Å²) in [5.41, 5.74) is 4.07. The topological polar surface area (TPSA) is 29.5 Å². The van der Waals surface area contributed by atoms with E-state index in [1.807, 2.05) is 60.5 Å². The normalized spacial score (nSPS) is 21.3. The third-order valence-electron chi connectivity index (χ3n) is 5.14. The van der Waals surface area contributed by atoms with Crippen LogP contribution in [0.2, 0.25) is 0 Å². The average Bonchev–Trinajstić information content (AvgIpc) is 2.82. The van der Waals surface area contributed by atoms with E-state index in [4.69, 9.17) is 27.9 Å². The summed E-state index contributed by atoms with van der Waals surface area (Å²) in [4.78, 5) is 14.7. The Balaban J connectivity index is 1.89. The summed E-state index contributed by atoms with van der Waals surface area (Å²) in [6, 6.07) is 17.4. The first kappa shape index (κ1) is 17.4. The van der Waals surface area contributed by atoms with E-state index >= 15 is 0 Å². The highest BCUT2D eigenvalue weighted by atomic mass is 35.5. The Hall–Kier alpha value is -1.97. The second-order valence-corrected chi connectivity index (χ2v) is 8.11. The van der Waals surface area contributed by atoms with Crippen molar-refractivity contribution in [3.8, 4) is 0 Å². The van der Waals surface area contributed by atoms with Gasteiger partial charge in [-0.05, 0) is 42.5 Å². The van der Waals surface area contributed by atoms with Gasteiger partial charge in [-0.2, -0.15) is 0 Å². The van der Waals surface area contributed by atoms with E-state index in [1.165, 1.54) is 5.56 Å². The van der Waals surface area contributed by atoms with Crippen LogP contribution in [0.5, 0.6) is 0 Å². The minimum atomic E-state index is -1.66. The van der Waals surface area contributed by atoms with Gasteiger partial charge in [0.1, 0.15) is 5.76 Å². The SMILES string of the molecule is CN(c1ccccc1)C1C2=C(OC(=O)C1(Cl)Cl)c1ccccc1CCC2. The second-order valence-electron chi connectivity index (χ2n) is 6.73. The van der Waals surface area contributed by atoms with Crippen molar-refractivity contribution in [1.82, 2.24) is 0 Å². The molecule has 0 fully saturated rings. The number of hydrogen-bond donors (Lipinski definition) is 0. The Morgan fingerprint density at radius 1 is 1.04 bits per heavy atom. The largest absolute Gasteiger partial charge is 0.424 e. The predicted molar refractivity (Wildman–Crippen MR) is 105 cm³/mol. The molecule has 2 aliphatic rings. The van der Waals surface area contributed by atoms with Gasteiger partial charge in [-0.3, -0.25) is 0 Å². The molecule has 0 spiro atoms. The number of anilines is 1. The molecule has 0 saturated carbocycles. The number of alkyl halides is 2. The van der Waals surface area contributed by atoms with E-state index in [1.54, 1.807) is 0 Å². The van der Waals surface area contributed by atoms with E-state index in [2.05, 4.69) is 6.07 Å². The zero-order valence-electron chi connectivity index (χ0n) is 14.4. The molecule has 1 atom stereocenters. The fraction of sp³-hybridized carbons (Fsp3) is 0.286. The van der Waals surface area contributed by atoms with Gasteiger partial charge in [0.25, 0.3) is 0 Å². The van der Waals surface area contributed by atoms with Crippen LogP contribution in [0.1, 0.15) is 24.0 Å². The number of ether oxygens (including phenoxy) is 1. The maximum absolute atomic E-state index is 12.7. The van der Waals surface area contributed by atoms with Crippen molar-refractivity contribution in [2.75, 3.05) is 11.9 Å². The molecule has 134 valence electrons. The van der Waals surface area contributed by atoms with Crippen LogP contribution in [0.3, 0.4) is 0 Å². The summed E-state index contributed by atoms with van der Waals surface area (Å²) in [6.07, 6.45) is 2.66. The Labute approximate surface area is 163 Å². The van der Waals surface area contributed by atoms with Gasteiger partial charge in [0, 0.05) is 18.3 Å². The molecule has 3 nitrogen and oxygen atoms in total. The van der Waals surface area contributed by atoms with Crippen molar-refractivity contribution < 1.29 is 9.53 Å². The molecule has 2 aromatic carbocycles. The van der Waals surface area contributed by atoms with Gasteiger partial charge in [0.05, 0.1) is 6.04 Å². The summed E-state index contributed by atoms with van der Waals surface area (Å²) in [5.74, 6) is -0.00289. The lowest BCUT2D eigenvalue weighted by Crippen LogP contribution is -2.54. The molecular formula is C21H19Cl2NO2. The molecular weight excluding hydrogens is 369 g/mol. The second kappa shape index (κ2) is 6.64. The summed E-state index contributed by atoms with van der Waals surface area (Å²) in [6.45, 7) is 0. The molecule has 0 saturated heterocycles.